The summed E-state index contributed by atoms with van der Waals surface area (Å²) in [6, 6.07) is 3.20. The van der Waals surface area contributed by atoms with Gasteiger partial charge in [0.1, 0.15) is 5.82 Å². The lowest BCUT2D eigenvalue weighted by atomic mass is 10.3. The van der Waals surface area contributed by atoms with Crippen molar-refractivity contribution in [3.63, 3.8) is 0 Å². The van der Waals surface area contributed by atoms with Crippen LogP contribution in [0.1, 0.15) is 30.3 Å². The topological polar surface area (TPSA) is 104 Å². The summed E-state index contributed by atoms with van der Waals surface area (Å²) in [4.78, 5) is 21.7. The van der Waals surface area contributed by atoms with Crippen molar-refractivity contribution in [1.29, 1.82) is 0 Å². The third kappa shape index (κ3) is 4.77. The molecule has 0 aliphatic rings. The molecule has 1 aromatic heterocycles. The second kappa shape index (κ2) is 7.21. The number of nitrogens with one attached hydrogen (secondary N) is 2. The van der Waals surface area contributed by atoms with Crippen molar-refractivity contribution < 1.29 is 14.7 Å². The zero-order chi connectivity index (χ0) is 13.4. The van der Waals surface area contributed by atoms with Gasteiger partial charge in [-0.1, -0.05) is 0 Å². The summed E-state index contributed by atoms with van der Waals surface area (Å²) in [5.74, 6) is -0.565. The lowest BCUT2D eigenvalue weighted by Crippen LogP contribution is -2.24. The minimum Gasteiger partial charge on any atom is -0.481 e. The maximum atomic E-state index is 11.4. The highest BCUT2D eigenvalue weighted by Gasteiger charge is 2.06. The quantitative estimate of drug-likeness (QED) is 0.610. The number of aromatic nitrogens is 2. The maximum absolute atomic E-state index is 11.4. The number of hydrogen-bond donors (Lipinski definition) is 3. The first-order valence-corrected chi connectivity index (χ1v) is 5.71. The molecule has 98 valence electrons. The number of aliphatic carboxylic acids is 1. The molecule has 1 amide bonds. The molecule has 1 aromatic rings. The number of carbonyl (C=O) groups is 2. The molecule has 7 heteroatoms. The lowest BCUT2D eigenvalue weighted by molar-refractivity contribution is -0.137. The fourth-order valence-corrected chi connectivity index (χ4v) is 1.25. The van der Waals surface area contributed by atoms with Crippen LogP contribution in [0.4, 0.5) is 5.82 Å². The van der Waals surface area contributed by atoms with Gasteiger partial charge >= 0.3 is 5.97 Å². The molecule has 0 saturated carbocycles. The minimum atomic E-state index is -0.825. The van der Waals surface area contributed by atoms with Gasteiger partial charge < -0.3 is 15.7 Å². The number of carboxylic acid groups (broad SMARTS) is 1. The number of amides is 1. The van der Waals surface area contributed by atoms with Crippen molar-refractivity contribution in [3.05, 3.63) is 17.8 Å². The minimum absolute atomic E-state index is 0.109. The van der Waals surface area contributed by atoms with Crippen molar-refractivity contribution >= 4 is 17.7 Å². The molecule has 7 nitrogen and oxygen atoms in total. The third-order valence-electron chi connectivity index (χ3n) is 2.11. The summed E-state index contributed by atoms with van der Waals surface area (Å²) < 4.78 is 0. The smallest absolute Gasteiger partial charge is 0.303 e. The largest absolute Gasteiger partial charge is 0.481 e. The fourth-order valence-electron chi connectivity index (χ4n) is 1.25. The van der Waals surface area contributed by atoms with Crippen LogP contribution in [0, 0.1) is 0 Å². The fraction of sp³-hybridized carbons (Fsp3) is 0.455. The SMILES string of the molecule is CCNC(=O)c1ccc(NCCCC(=O)O)nn1. The summed E-state index contributed by atoms with van der Waals surface area (Å²) >= 11 is 0. The second-order valence-electron chi connectivity index (χ2n) is 3.59. The highest BCUT2D eigenvalue weighted by Crippen LogP contribution is 2.02. The van der Waals surface area contributed by atoms with E-state index in [4.69, 9.17) is 5.11 Å². The normalized spacial score (nSPS) is 9.83. The van der Waals surface area contributed by atoms with Gasteiger partial charge in [-0.25, -0.2) is 0 Å². The molecule has 0 fully saturated rings. The molecule has 3 N–H and O–H groups in total. The van der Waals surface area contributed by atoms with Crippen LogP contribution in [0.5, 0.6) is 0 Å². The molecule has 0 bridgehead atoms. The molecule has 1 rings (SSSR count). The maximum Gasteiger partial charge on any atom is 0.303 e. The van der Waals surface area contributed by atoms with Gasteiger partial charge in [0.2, 0.25) is 0 Å². The first-order chi connectivity index (χ1) is 8.63. The van der Waals surface area contributed by atoms with Gasteiger partial charge in [-0.05, 0) is 25.5 Å². The monoisotopic (exact) mass is 252 g/mol. The summed E-state index contributed by atoms with van der Waals surface area (Å²) in [6.07, 6.45) is 0.618. The lowest BCUT2D eigenvalue weighted by Gasteiger charge is -2.04. The van der Waals surface area contributed by atoms with E-state index in [0.717, 1.165) is 0 Å². The average Bonchev–Trinajstić information content (AvgIpc) is 2.35. The zero-order valence-corrected chi connectivity index (χ0v) is 10.1. The van der Waals surface area contributed by atoms with E-state index in [-0.39, 0.29) is 18.0 Å². The van der Waals surface area contributed by atoms with Crippen molar-refractivity contribution in [1.82, 2.24) is 15.5 Å². The van der Waals surface area contributed by atoms with Gasteiger partial charge in [0.25, 0.3) is 5.91 Å². The standard InChI is InChI=1S/C11H16N4O3/c1-2-12-11(18)8-5-6-9(15-14-8)13-7-3-4-10(16)17/h5-6H,2-4,7H2,1H3,(H,12,18)(H,13,15)(H,16,17). The van der Waals surface area contributed by atoms with Crippen LogP contribution >= 0.6 is 0 Å². The Morgan fingerprint density at radius 3 is 2.67 bits per heavy atom. The number of hydrogen-bond acceptors (Lipinski definition) is 5. The highest BCUT2D eigenvalue weighted by molar-refractivity contribution is 5.92. The van der Waals surface area contributed by atoms with E-state index in [9.17, 15) is 9.59 Å². The summed E-state index contributed by atoms with van der Waals surface area (Å²) in [5, 5.41) is 21.6. The molecule has 0 aromatic carbocycles. The first-order valence-electron chi connectivity index (χ1n) is 5.71. The van der Waals surface area contributed by atoms with Crippen LogP contribution in [0.25, 0.3) is 0 Å². The van der Waals surface area contributed by atoms with E-state index in [1.54, 1.807) is 12.1 Å². The van der Waals surface area contributed by atoms with Crippen LogP contribution < -0.4 is 10.6 Å². The van der Waals surface area contributed by atoms with Gasteiger partial charge in [-0.3, -0.25) is 9.59 Å². The zero-order valence-electron chi connectivity index (χ0n) is 10.1. The molecule has 0 aliphatic heterocycles. The van der Waals surface area contributed by atoms with Gasteiger partial charge in [0, 0.05) is 19.5 Å². The molecule has 0 aliphatic carbocycles. The highest BCUT2D eigenvalue weighted by atomic mass is 16.4. The van der Waals surface area contributed by atoms with Crippen molar-refractivity contribution in [2.24, 2.45) is 0 Å². The Bertz CT molecular complexity index is 405. The van der Waals surface area contributed by atoms with Crippen LogP contribution in [0.15, 0.2) is 12.1 Å². The van der Waals surface area contributed by atoms with Crippen LogP contribution in [-0.4, -0.2) is 40.3 Å². The molecular formula is C11H16N4O3. The number of anilines is 1. The predicted octanol–water partition coefficient (Wildman–Crippen LogP) is 0.503. The third-order valence-corrected chi connectivity index (χ3v) is 2.11. The Kier molecular flexibility index (Phi) is 5.56. The Morgan fingerprint density at radius 1 is 1.33 bits per heavy atom. The summed E-state index contributed by atoms with van der Waals surface area (Å²) in [6.45, 7) is 2.86. The number of carbonyl (C=O) groups excluding carboxylic acids is 1. The Hall–Kier alpha value is -2.18. The summed E-state index contributed by atoms with van der Waals surface area (Å²) in [5.41, 5.74) is 0.257. The van der Waals surface area contributed by atoms with Crippen LogP contribution in [0.2, 0.25) is 0 Å². The van der Waals surface area contributed by atoms with E-state index >= 15 is 0 Å². The molecule has 0 unspecified atom stereocenters. The van der Waals surface area contributed by atoms with E-state index in [1.807, 2.05) is 6.92 Å². The van der Waals surface area contributed by atoms with Crippen molar-refractivity contribution in [2.45, 2.75) is 19.8 Å². The van der Waals surface area contributed by atoms with E-state index in [0.29, 0.717) is 25.3 Å². The van der Waals surface area contributed by atoms with Gasteiger partial charge in [0.15, 0.2) is 5.69 Å². The van der Waals surface area contributed by atoms with Crippen molar-refractivity contribution in [3.8, 4) is 0 Å². The van der Waals surface area contributed by atoms with Crippen LogP contribution in [-0.2, 0) is 4.79 Å². The molecule has 0 atom stereocenters. The number of rotatable bonds is 7. The average molecular weight is 252 g/mol. The first kappa shape index (κ1) is 13.9. The van der Waals surface area contributed by atoms with E-state index in [1.165, 1.54) is 0 Å². The second-order valence-corrected chi connectivity index (χ2v) is 3.59. The number of nitrogens with zero attached hydrogens (tertiary/aromatic N) is 2. The molecule has 0 saturated heterocycles. The van der Waals surface area contributed by atoms with Crippen LogP contribution in [0.3, 0.4) is 0 Å². The molecular weight excluding hydrogens is 236 g/mol. The van der Waals surface area contributed by atoms with Gasteiger partial charge in [0.05, 0.1) is 0 Å². The molecule has 1 heterocycles. The molecule has 0 spiro atoms. The Balaban J connectivity index is 2.40. The molecule has 18 heavy (non-hydrogen) atoms. The van der Waals surface area contributed by atoms with Gasteiger partial charge in [-0.2, -0.15) is 0 Å². The Labute approximate surface area is 105 Å². The predicted molar refractivity (Wildman–Crippen MR) is 65.4 cm³/mol. The van der Waals surface area contributed by atoms with E-state index < -0.39 is 5.97 Å². The van der Waals surface area contributed by atoms with Crippen molar-refractivity contribution in [2.75, 3.05) is 18.4 Å². The summed E-state index contributed by atoms with van der Waals surface area (Å²) in [7, 11) is 0. The number of carboxylic acids is 1. The van der Waals surface area contributed by atoms with E-state index in [2.05, 4.69) is 20.8 Å². The molecule has 0 radical (unpaired) electrons. The Morgan fingerprint density at radius 2 is 2.11 bits per heavy atom. The van der Waals surface area contributed by atoms with Gasteiger partial charge in [-0.15, -0.1) is 10.2 Å².